The summed E-state index contributed by atoms with van der Waals surface area (Å²) in [6, 6.07) is 13.8. The third-order valence-corrected chi connectivity index (χ3v) is 5.12. The van der Waals surface area contributed by atoms with E-state index in [0.717, 1.165) is 24.8 Å². The lowest BCUT2D eigenvalue weighted by Gasteiger charge is -2.30. The number of urea groups is 1. The lowest BCUT2D eigenvalue weighted by Crippen LogP contribution is -2.58. The molecule has 7 amide bonds. The number of amides is 7. The molecule has 0 saturated heterocycles. The van der Waals surface area contributed by atoms with Gasteiger partial charge in [-0.15, -0.1) is 0 Å². The lowest BCUT2D eigenvalue weighted by atomic mass is 10.2. The van der Waals surface area contributed by atoms with Gasteiger partial charge in [-0.25, -0.2) is 14.6 Å². The molecular weight excluding hydrogens is 508 g/mol. The Morgan fingerprint density at radius 2 is 1.46 bits per heavy atom. The Morgan fingerprint density at radius 3 is 2.05 bits per heavy atom. The Hall–Kier alpha value is -5.20. The van der Waals surface area contributed by atoms with Gasteiger partial charge in [-0.3, -0.25) is 19.2 Å². The van der Waals surface area contributed by atoms with E-state index in [1.54, 1.807) is 54.6 Å². The topological polar surface area (TPSA) is 180 Å². The Morgan fingerprint density at radius 1 is 0.872 bits per heavy atom. The molecule has 0 aromatic heterocycles. The molecule has 0 fully saturated rings. The van der Waals surface area contributed by atoms with Gasteiger partial charge in [-0.1, -0.05) is 48.5 Å². The average molecular weight is 539 g/mol. The van der Waals surface area contributed by atoms with Crippen molar-refractivity contribution >= 4 is 41.4 Å². The summed E-state index contributed by atoms with van der Waals surface area (Å²) >= 11 is 0. The Labute approximate surface area is 224 Å². The SMILES string of the molecule is C[C@H](NC(=O)OCc1ccccc1)C(=O)N[C@@H](C)C(=O)N(C)N(C(N)=O)C(=O)C=CC(=O)Nc1ccccc1. The van der Waals surface area contributed by atoms with Crippen LogP contribution in [-0.2, 0) is 30.5 Å². The molecule has 2 aromatic carbocycles. The highest BCUT2D eigenvalue weighted by Gasteiger charge is 2.30. The number of hydrogen-bond donors (Lipinski definition) is 4. The second kappa shape index (κ2) is 14.5. The van der Waals surface area contributed by atoms with Crippen LogP contribution in [0.1, 0.15) is 19.4 Å². The summed E-state index contributed by atoms with van der Waals surface area (Å²) in [6.45, 7) is 2.69. The van der Waals surface area contributed by atoms with Crippen LogP contribution in [0.2, 0.25) is 0 Å². The van der Waals surface area contributed by atoms with Gasteiger partial charge < -0.3 is 26.4 Å². The average Bonchev–Trinajstić information content (AvgIpc) is 2.91. The number of ether oxygens (including phenoxy) is 1. The molecule has 0 aliphatic carbocycles. The van der Waals surface area contributed by atoms with Crippen LogP contribution < -0.4 is 21.7 Å². The number of benzene rings is 2. The van der Waals surface area contributed by atoms with Crippen molar-refractivity contribution in [2.45, 2.75) is 32.5 Å². The van der Waals surface area contributed by atoms with E-state index in [1.165, 1.54) is 13.8 Å². The number of carbonyl (C=O) groups is 6. The van der Waals surface area contributed by atoms with Crippen LogP contribution in [-0.4, -0.2) is 64.9 Å². The molecule has 0 aliphatic heterocycles. The fourth-order valence-electron chi connectivity index (χ4n) is 3.11. The molecule has 0 bridgehead atoms. The summed E-state index contributed by atoms with van der Waals surface area (Å²) in [7, 11) is 1.09. The summed E-state index contributed by atoms with van der Waals surface area (Å²) in [5.74, 6) is -3.33. The van der Waals surface area contributed by atoms with Crippen LogP contribution in [0.5, 0.6) is 0 Å². The number of anilines is 1. The second-order valence-corrected chi connectivity index (χ2v) is 8.20. The predicted octanol–water partition coefficient (Wildman–Crippen LogP) is 1.28. The highest BCUT2D eigenvalue weighted by molar-refractivity contribution is 6.07. The van der Waals surface area contributed by atoms with Gasteiger partial charge >= 0.3 is 12.1 Å². The molecule has 0 heterocycles. The van der Waals surface area contributed by atoms with E-state index >= 15 is 0 Å². The number of hydrazine groups is 1. The monoisotopic (exact) mass is 538 g/mol. The molecular formula is C26H30N6O7. The van der Waals surface area contributed by atoms with E-state index in [9.17, 15) is 28.8 Å². The fraction of sp³-hybridized carbons (Fsp3) is 0.231. The smallest absolute Gasteiger partial charge is 0.408 e. The van der Waals surface area contributed by atoms with E-state index in [1.807, 2.05) is 6.07 Å². The predicted molar refractivity (Wildman–Crippen MR) is 140 cm³/mol. The van der Waals surface area contributed by atoms with E-state index in [-0.39, 0.29) is 6.61 Å². The first-order chi connectivity index (χ1) is 18.5. The van der Waals surface area contributed by atoms with Crippen molar-refractivity contribution in [3.63, 3.8) is 0 Å². The molecule has 0 radical (unpaired) electrons. The van der Waals surface area contributed by atoms with Gasteiger partial charge in [0, 0.05) is 24.9 Å². The quantitative estimate of drug-likeness (QED) is 0.274. The summed E-state index contributed by atoms with van der Waals surface area (Å²) in [5.41, 5.74) is 6.51. The van der Waals surface area contributed by atoms with Crippen LogP contribution in [0, 0.1) is 0 Å². The zero-order valence-corrected chi connectivity index (χ0v) is 21.6. The van der Waals surface area contributed by atoms with Gasteiger partial charge in [0.15, 0.2) is 0 Å². The van der Waals surface area contributed by atoms with Crippen molar-refractivity contribution in [1.29, 1.82) is 0 Å². The first-order valence-electron chi connectivity index (χ1n) is 11.7. The van der Waals surface area contributed by atoms with E-state index in [4.69, 9.17) is 10.5 Å². The van der Waals surface area contributed by atoms with Gasteiger partial charge in [0.05, 0.1) is 0 Å². The highest BCUT2D eigenvalue weighted by Crippen LogP contribution is 2.06. The number of alkyl carbamates (subject to hydrolysis) is 1. The third kappa shape index (κ3) is 9.64. The number of likely N-dealkylation sites (N-methyl/N-ethyl adjacent to an activating group) is 1. The molecule has 13 heteroatoms. The van der Waals surface area contributed by atoms with Gasteiger partial charge in [0.1, 0.15) is 18.7 Å². The molecule has 2 atom stereocenters. The van der Waals surface area contributed by atoms with Gasteiger partial charge in [-0.05, 0) is 31.5 Å². The Balaban J connectivity index is 1.91. The summed E-state index contributed by atoms with van der Waals surface area (Å²) in [4.78, 5) is 73.8. The largest absolute Gasteiger partial charge is 0.445 e. The van der Waals surface area contributed by atoms with Gasteiger partial charge in [-0.2, -0.15) is 5.01 Å². The number of nitrogens with one attached hydrogen (secondary N) is 3. The van der Waals surface area contributed by atoms with E-state index in [2.05, 4.69) is 16.0 Å². The lowest BCUT2D eigenvalue weighted by molar-refractivity contribution is -0.153. The maximum atomic E-state index is 12.8. The zero-order valence-electron chi connectivity index (χ0n) is 21.6. The van der Waals surface area contributed by atoms with Gasteiger partial charge in [0.2, 0.25) is 11.8 Å². The van der Waals surface area contributed by atoms with Crippen LogP contribution in [0.15, 0.2) is 72.8 Å². The molecule has 2 rings (SSSR count). The Kier molecular flexibility index (Phi) is 11.2. The van der Waals surface area contributed by atoms with Crippen molar-refractivity contribution in [3.8, 4) is 0 Å². The normalized spacial score (nSPS) is 12.0. The first-order valence-corrected chi connectivity index (χ1v) is 11.7. The minimum absolute atomic E-state index is 0.0000374. The number of carbonyl (C=O) groups excluding carboxylic acids is 6. The molecule has 39 heavy (non-hydrogen) atoms. The standard InChI is InChI=1S/C26H30N6O7/c1-17(29-26(38)39-16-19-10-6-4-7-11-19)23(35)28-18(2)24(36)31(3)32(25(27)37)22(34)15-14-21(33)30-20-12-8-5-9-13-20/h4-15,17-18H,16H2,1-3H3,(H2,27,37)(H,28,35)(H,29,38)(H,30,33)/t17-,18-/m0/s1. The van der Waals surface area contributed by atoms with Gasteiger partial charge in [0.25, 0.3) is 11.8 Å². The number of hydrogen-bond acceptors (Lipinski definition) is 7. The third-order valence-electron chi connectivity index (χ3n) is 5.12. The number of primary amides is 1. The van der Waals surface area contributed by atoms with Crippen LogP contribution in [0.25, 0.3) is 0 Å². The molecule has 0 unspecified atom stereocenters. The first kappa shape index (κ1) is 30.0. The molecule has 13 nitrogen and oxygen atoms in total. The summed E-state index contributed by atoms with van der Waals surface area (Å²) in [6.07, 6.45) is 0.800. The minimum Gasteiger partial charge on any atom is -0.445 e. The van der Waals surface area contributed by atoms with Crippen molar-refractivity contribution in [3.05, 3.63) is 78.4 Å². The number of imide groups is 1. The summed E-state index contributed by atoms with van der Waals surface area (Å²) in [5, 5.41) is 8.16. The number of nitrogens with two attached hydrogens (primary N) is 1. The molecule has 5 N–H and O–H groups in total. The number of rotatable bonds is 9. The summed E-state index contributed by atoms with van der Waals surface area (Å²) < 4.78 is 5.06. The van der Waals surface area contributed by atoms with Crippen molar-refractivity contribution in [2.24, 2.45) is 5.73 Å². The molecule has 2 aromatic rings. The van der Waals surface area contributed by atoms with Crippen LogP contribution >= 0.6 is 0 Å². The van der Waals surface area contributed by atoms with Crippen LogP contribution in [0.3, 0.4) is 0 Å². The van der Waals surface area contributed by atoms with Crippen molar-refractivity contribution in [1.82, 2.24) is 20.7 Å². The molecule has 0 spiro atoms. The maximum absolute atomic E-state index is 12.8. The zero-order chi connectivity index (χ0) is 28.9. The maximum Gasteiger partial charge on any atom is 0.408 e. The molecule has 206 valence electrons. The molecule has 0 saturated carbocycles. The van der Waals surface area contributed by atoms with Crippen LogP contribution in [0.4, 0.5) is 15.3 Å². The van der Waals surface area contributed by atoms with Crippen molar-refractivity contribution in [2.75, 3.05) is 12.4 Å². The second-order valence-electron chi connectivity index (χ2n) is 8.20. The Bertz CT molecular complexity index is 1220. The van der Waals surface area contributed by atoms with E-state index < -0.39 is 47.8 Å². The van der Waals surface area contributed by atoms with E-state index in [0.29, 0.717) is 15.7 Å². The highest BCUT2D eigenvalue weighted by atomic mass is 16.5. The minimum atomic E-state index is -1.29. The molecule has 0 aliphatic rings. The number of para-hydroxylation sites is 1. The number of nitrogens with zero attached hydrogens (tertiary/aromatic N) is 2. The fourth-order valence-corrected chi connectivity index (χ4v) is 3.11. The van der Waals surface area contributed by atoms with Crippen molar-refractivity contribution < 1.29 is 33.5 Å².